The first-order chi connectivity index (χ1) is 14.0. The van der Waals surface area contributed by atoms with Crippen LogP contribution >= 0.6 is 0 Å². The molecule has 1 fully saturated rings. The first-order valence-electron chi connectivity index (χ1n) is 10.3. The van der Waals surface area contributed by atoms with Crippen molar-refractivity contribution in [2.75, 3.05) is 20.2 Å². The van der Waals surface area contributed by atoms with Crippen molar-refractivity contribution in [1.82, 2.24) is 14.7 Å². The highest BCUT2D eigenvalue weighted by molar-refractivity contribution is 5.68. The van der Waals surface area contributed by atoms with Crippen LogP contribution in [0, 0.1) is 6.92 Å². The fourth-order valence-corrected chi connectivity index (χ4v) is 2.64. The molecule has 0 saturated carbocycles. The van der Waals surface area contributed by atoms with Gasteiger partial charge in [0.25, 0.3) is 0 Å². The van der Waals surface area contributed by atoms with Crippen molar-refractivity contribution >= 4 is 12.0 Å². The minimum atomic E-state index is -4.64. The van der Waals surface area contributed by atoms with Crippen LogP contribution in [0.1, 0.15) is 65.1 Å². The SMILES string of the molecule is C/C=C(\N)c1c(C)nn(C)c1OCC1CCCN1C.CC.CCC.O=CC(F)(F)F. The van der Waals surface area contributed by atoms with Gasteiger partial charge in [0.2, 0.25) is 12.2 Å². The molecule has 1 saturated heterocycles. The number of carbonyl (C=O) groups is 1. The molecule has 6 nitrogen and oxygen atoms in total. The smallest absolute Gasteiger partial charge is 0.446 e. The third kappa shape index (κ3) is 11.2. The van der Waals surface area contributed by atoms with Crippen molar-refractivity contribution in [1.29, 1.82) is 0 Å². The second-order valence-electron chi connectivity index (χ2n) is 6.59. The van der Waals surface area contributed by atoms with Crippen molar-refractivity contribution in [3.63, 3.8) is 0 Å². The van der Waals surface area contributed by atoms with E-state index >= 15 is 0 Å². The second-order valence-corrected chi connectivity index (χ2v) is 6.59. The summed E-state index contributed by atoms with van der Waals surface area (Å²) in [5.74, 6) is 0.772. The third-order valence-electron chi connectivity index (χ3n) is 3.99. The molecule has 1 aromatic rings. The number of allylic oxidation sites excluding steroid dienone is 1. The second kappa shape index (κ2) is 15.8. The summed E-state index contributed by atoms with van der Waals surface area (Å²) in [7, 11) is 4.05. The van der Waals surface area contributed by atoms with E-state index < -0.39 is 12.5 Å². The summed E-state index contributed by atoms with van der Waals surface area (Å²) in [5.41, 5.74) is 8.59. The lowest BCUT2D eigenvalue weighted by Crippen LogP contribution is -2.31. The minimum absolute atomic E-state index is 0.495. The standard InChI is InChI=1S/C14H24N4O.C3H8.C2HF3O.C2H6/c1-5-12(15)13-10(2)16-18(4)14(13)19-9-11-7-6-8-17(11)3;1-3-2;3-2(4,5)1-6;1-2/h5,11H,6-9,15H2,1-4H3;3H2,1-2H3;1H;1-2H3/b12-5-;;;. The molecule has 0 spiro atoms. The topological polar surface area (TPSA) is 73.4 Å². The van der Waals surface area contributed by atoms with Gasteiger partial charge in [-0.1, -0.05) is 40.2 Å². The maximum atomic E-state index is 10.4. The largest absolute Gasteiger partial charge is 0.476 e. The molecule has 1 unspecified atom stereocenters. The molecule has 1 aliphatic rings. The average Bonchev–Trinajstić information content (AvgIpc) is 3.23. The fourth-order valence-electron chi connectivity index (χ4n) is 2.64. The van der Waals surface area contributed by atoms with Crippen LogP contribution in [0.25, 0.3) is 5.70 Å². The van der Waals surface area contributed by atoms with Gasteiger partial charge in [-0.25, -0.2) is 4.68 Å². The molecule has 0 radical (unpaired) electrons. The Balaban J connectivity index is 0. The monoisotopic (exact) mass is 436 g/mol. The maximum Gasteiger partial charge on any atom is 0.446 e. The van der Waals surface area contributed by atoms with E-state index in [0.717, 1.165) is 29.4 Å². The first-order valence-corrected chi connectivity index (χ1v) is 10.3. The third-order valence-corrected chi connectivity index (χ3v) is 3.99. The molecular weight excluding hydrogens is 397 g/mol. The highest BCUT2D eigenvalue weighted by Crippen LogP contribution is 2.27. The molecular formula is C21H39F3N4O2. The number of aldehydes is 1. The number of hydrogen-bond donors (Lipinski definition) is 1. The zero-order chi connectivity index (χ0) is 23.9. The van der Waals surface area contributed by atoms with Gasteiger partial charge in [0.05, 0.1) is 11.3 Å². The van der Waals surface area contributed by atoms with Gasteiger partial charge in [0.15, 0.2) is 0 Å². The van der Waals surface area contributed by atoms with Crippen molar-refractivity contribution < 1.29 is 22.7 Å². The Bertz CT molecular complexity index is 629. The molecule has 0 aliphatic carbocycles. The van der Waals surface area contributed by atoms with Gasteiger partial charge in [-0.3, -0.25) is 4.79 Å². The van der Waals surface area contributed by atoms with Crippen LogP contribution in [-0.4, -0.2) is 53.4 Å². The van der Waals surface area contributed by atoms with Crippen LogP contribution in [0.5, 0.6) is 5.88 Å². The number of aryl methyl sites for hydroxylation is 2. The molecule has 176 valence electrons. The van der Waals surface area contributed by atoms with Crippen LogP contribution in [0.3, 0.4) is 0 Å². The minimum Gasteiger partial charge on any atom is -0.476 e. The predicted octanol–water partition coefficient (Wildman–Crippen LogP) is 4.71. The van der Waals surface area contributed by atoms with E-state index in [-0.39, 0.29) is 0 Å². The van der Waals surface area contributed by atoms with Crippen LogP contribution in [-0.2, 0) is 11.8 Å². The Morgan fingerprint density at radius 2 is 1.80 bits per heavy atom. The molecule has 9 heteroatoms. The number of likely N-dealkylation sites (tertiary alicyclic amines) is 1. The predicted molar refractivity (Wildman–Crippen MR) is 116 cm³/mol. The highest BCUT2D eigenvalue weighted by Gasteiger charge is 2.25. The van der Waals surface area contributed by atoms with Crippen molar-refractivity contribution in [2.45, 2.75) is 73.0 Å². The molecule has 1 atom stereocenters. The van der Waals surface area contributed by atoms with Gasteiger partial charge >= 0.3 is 6.18 Å². The van der Waals surface area contributed by atoms with E-state index in [4.69, 9.17) is 15.3 Å². The Hall–Kier alpha value is -2.03. The summed E-state index contributed by atoms with van der Waals surface area (Å²) in [5, 5.41) is 4.40. The lowest BCUT2D eigenvalue weighted by molar-refractivity contribution is -0.156. The molecule has 30 heavy (non-hydrogen) atoms. The molecule has 0 amide bonds. The Morgan fingerprint density at radius 3 is 2.17 bits per heavy atom. The number of alkyl halides is 3. The zero-order valence-corrected chi connectivity index (χ0v) is 19.6. The number of nitrogens with zero attached hydrogens (tertiary/aromatic N) is 3. The number of ether oxygens (including phenoxy) is 1. The van der Waals surface area contributed by atoms with E-state index in [0.29, 0.717) is 12.6 Å². The number of nitrogens with two attached hydrogens (primary N) is 1. The molecule has 1 aromatic heterocycles. The molecule has 2 N–H and O–H groups in total. The Labute approximate surface area is 179 Å². The lowest BCUT2D eigenvalue weighted by Gasteiger charge is -2.20. The van der Waals surface area contributed by atoms with Gasteiger partial charge in [-0.05, 0) is 40.3 Å². The first kappa shape index (κ1) is 30.2. The molecule has 2 heterocycles. The maximum absolute atomic E-state index is 10.4. The summed E-state index contributed by atoms with van der Waals surface area (Å²) < 4.78 is 39.0. The normalized spacial score (nSPS) is 16.4. The van der Waals surface area contributed by atoms with Gasteiger partial charge in [0, 0.05) is 18.8 Å². The summed E-state index contributed by atoms with van der Waals surface area (Å²) >= 11 is 0. The van der Waals surface area contributed by atoms with Crippen LogP contribution in [0.2, 0.25) is 0 Å². The lowest BCUT2D eigenvalue weighted by atomic mass is 10.2. The Kier molecular flexibility index (Phi) is 15.8. The molecule has 1 aliphatic heterocycles. The molecule has 0 bridgehead atoms. The summed E-state index contributed by atoms with van der Waals surface area (Å²) in [6.07, 6.45) is -0.119. The Morgan fingerprint density at radius 1 is 1.30 bits per heavy atom. The molecule has 2 rings (SSSR count). The van der Waals surface area contributed by atoms with E-state index in [9.17, 15) is 13.2 Å². The van der Waals surface area contributed by atoms with Crippen molar-refractivity contribution in [3.05, 3.63) is 17.3 Å². The average molecular weight is 437 g/mol. The van der Waals surface area contributed by atoms with Crippen molar-refractivity contribution in [3.8, 4) is 5.88 Å². The quantitative estimate of drug-likeness (QED) is 0.692. The van der Waals surface area contributed by atoms with Crippen LogP contribution < -0.4 is 10.5 Å². The van der Waals surface area contributed by atoms with Crippen molar-refractivity contribution in [2.24, 2.45) is 12.8 Å². The van der Waals surface area contributed by atoms with E-state index in [2.05, 4.69) is 30.9 Å². The fraction of sp³-hybridized carbons (Fsp3) is 0.714. The van der Waals surface area contributed by atoms with E-state index in [1.807, 2.05) is 40.8 Å². The summed E-state index contributed by atoms with van der Waals surface area (Å²) in [6, 6.07) is 0.495. The number of likely N-dealkylation sites (N-methyl/N-ethyl adjacent to an activating group) is 1. The number of aromatic nitrogens is 2. The number of carbonyl (C=O) groups excluding carboxylic acids is 1. The van der Waals surface area contributed by atoms with Gasteiger partial charge in [-0.2, -0.15) is 18.3 Å². The van der Waals surface area contributed by atoms with E-state index in [1.165, 1.54) is 19.3 Å². The van der Waals surface area contributed by atoms with Gasteiger partial charge in [-0.15, -0.1) is 0 Å². The zero-order valence-electron chi connectivity index (χ0n) is 19.6. The number of hydrogen-bond acceptors (Lipinski definition) is 5. The van der Waals surface area contributed by atoms with Gasteiger partial charge < -0.3 is 15.4 Å². The summed E-state index contributed by atoms with van der Waals surface area (Å²) in [6.45, 7) is 14.0. The van der Waals surface area contributed by atoms with E-state index in [1.54, 1.807) is 4.68 Å². The van der Waals surface area contributed by atoms with Crippen LogP contribution in [0.15, 0.2) is 6.08 Å². The number of rotatable bonds is 4. The van der Waals surface area contributed by atoms with Gasteiger partial charge in [0.1, 0.15) is 6.61 Å². The summed E-state index contributed by atoms with van der Waals surface area (Å²) in [4.78, 5) is 11.1. The highest BCUT2D eigenvalue weighted by atomic mass is 19.4. The van der Waals surface area contributed by atoms with Crippen LogP contribution in [0.4, 0.5) is 13.2 Å². The number of halogens is 3. The molecule has 0 aromatic carbocycles.